The van der Waals surface area contributed by atoms with Crippen molar-refractivity contribution in [2.75, 3.05) is 11.9 Å². The monoisotopic (exact) mass is 435 g/mol. The summed E-state index contributed by atoms with van der Waals surface area (Å²) in [4.78, 5) is 32.5. The molecular weight excluding hydrogens is 418 g/mol. The van der Waals surface area contributed by atoms with Crippen LogP contribution >= 0.6 is 23.4 Å². The lowest BCUT2D eigenvalue weighted by Gasteiger charge is -2.27. The number of carbonyl (C=O) groups excluding carboxylic acids is 2. The summed E-state index contributed by atoms with van der Waals surface area (Å²) >= 11 is 7.60. The number of hydrogen-bond acceptors (Lipinski definition) is 4. The largest absolute Gasteiger partial charge is 0.348 e. The fraction of sp³-hybridized carbons (Fsp3) is 0.0870. The van der Waals surface area contributed by atoms with Crippen LogP contribution in [0.4, 0.5) is 5.69 Å². The van der Waals surface area contributed by atoms with Crippen molar-refractivity contribution in [1.29, 1.82) is 0 Å². The van der Waals surface area contributed by atoms with E-state index in [9.17, 15) is 9.59 Å². The molecule has 5 nitrogen and oxygen atoms in total. The van der Waals surface area contributed by atoms with Crippen LogP contribution in [0.2, 0.25) is 5.02 Å². The van der Waals surface area contributed by atoms with Crippen LogP contribution in [0.1, 0.15) is 21.5 Å². The van der Waals surface area contributed by atoms with E-state index in [-0.39, 0.29) is 11.8 Å². The molecule has 0 aliphatic carbocycles. The molecule has 150 valence electrons. The lowest BCUT2D eigenvalue weighted by molar-refractivity contribution is -0.114. The van der Waals surface area contributed by atoms with Crippen molar-refractivity contribution >= 4 is 46.9 Å². The van der Waals surface area contributed by atoms with Gasteiger partial charge in [0.25, 0.3) is 11.8 Å². The molecule has 0 bridgehead atoms. The Kier molecular flexibility index (Phi) is 5.88. The van der Waals surface area contributed by atoms with Gasteiger partial charge >= 0.3 is 0 Å². The van der Waals surface area contributed by atoms with Crippen LogP contribution in [0, 0.1) is 0 Å². The molecule has 0 saturated carbocycles. The Morgan fingerprint density at radius 3 is 2.80 bits per heavy atom. The van der Waals surface area contributed by atoms with Gasteiger partial charge in [-0.25, -0.2) is 0 Å². The van der Waals surface area contributed by atoms with Gasteiger partial charge in [0, 0.05) is 41.5 Å². The van der Waals surface area contributed by atoms with Crippen LogP contribution in [-0.4, -0.2) is 23.8 Å². The summed E-state index contributed by atoms with van der Waals surface area (Å²) in [6.07, 6.45) is 5.19. The normalized spacial score (nSPS) is 14.5. The van der Waals surface area contributed by atoms with Crippen LogP contribution in [0.15, 0.2) is 76.8 Å². The van der Waals surface area contributed by atoms with Crippen LogP contribution in [0.5, 0.6) is 0 Å². The van der Waals surface area contributed by atoms with Crippen molar-refractivity contribution in [3.05, 3.63) is 93.6 Å². The first-order valence-electron chi connectivity index (χ1n) is 9.26. The topological polar surface area (TPSA) is 62.3 Å². The second-order valence-corrected chi connectivity index (χ2v) is 8.21. The molecule has 1 aromatic heterocycles. The number of pyridine rings is 1. The molecule has 4 rings (SSSR count). The number of carbonyl (C=O) groups is 2. The molecule has 30 heavy (non-hydrogen) atoms. The van der Waals surface area contributed by atoms with Gasteiger partial charge in [-0.05, 0) is 47.5 Å². The summed E-state index contributed by atoms with van der Waals surface area (Å²) in [7, 11) is 1.71. The minimum absolute atomic E-state index is 0.139. The summed E-state index contributed by atoms with van der Waals surface area (Å²) < 4.78 is 0. The maximum absolute atomic E-state index is 12.9. The molecule has 0 spiro atoms. The highest BCUT2D eigenvalue weighted by molar-refractivity contribution is 8.04. The van der Waals surface area contributed by atoms with E-state index < -0.39 is 0 Å². The average Bonchev–Trinajstić information content (AvgIpc) is 2.77. The van der Waals surface area contributed by atoms with Crippen molar-refractivity contribution in [2.24, 2.45) is 0 Å². The van der Waals surface area contributed by atoms with Crippen LogP contribution in [0.3, 0.4) is 0 Å². The van der Waals surface area contributed by atoms with E-state index in [1.165, 1.54) is 11.8 Å². The fourth-order valence-corrected chi connectivity index (χ4v) is 4.33. The average molecular weight is 436 g/mol. The third-order valence-corrected chi connectivity index (χ3v) is 6.11. The Morgan fingerprint density at radius 2 is 2.03 bits per heavy atom. The van der Waals surface area contributed by atoms with Gasteiger partial charge in [-0.15, -0.1) is 0 Å². The van der Waals surface area contributed by atoms with Crippen molar-refractivity contribution in [3.8, 4) is 0 Å². The molecule has 3 aromatic rings. The molecule has 1 N–H and O–H groups in total. The number of nitrogens with zero attached hydrogens (tertiary/aromatic N) is 2. The van der Waals surface area contributed by atoms with Crippen LogP contribution in [-0.2, 0) is 11.3 Å². The van der Waals surface area contributed by atoms with Gasteiger partial charge in [0.1, 0.15) is 0 Å². The van der Waals surface area contributed by atoms with E-state index in [0.717, 1.165) is 16.0 Å². The molecule has 0 saturated heterocycles. The minimum Gasteiger partial charge on any atom is -0.348 e. The maximum Gasteiger partial charge on any atom is 0.264 e. The zero-order chi connectivity index (χ0) is 21.1. The van der Waals surface area contributed by atoms with E-state index in [4.69, 9.17) is 11.6 Å². The van der Waals surface area contributed by atoms with Crippen LogP contribution in [0.25, 0.3) is 6.08 Å². The summed E-state index contributed by atoms with van der Waals surface area (Å²) in [5.41, 5.74) is 2.91. The number of aromatic nitrogens is 1. The highest BCUT2D eigenvalue weighted by Gasteiger charge is 2.27. The predicted molar refractivity (Wildman–Crippen MR) is 121 cm³/mol. The molecule has 0 radical (unpaired) electrons. The van der Waals surface area contributed by atoms with Crippen molar-refractivity contribution in [1.82, 2.24) is 10.3 Å². The van der Waals surface area contributed by atoms with E-state index in [2.05, 4.69) is 10.3 Å². The van der Waals surface area contributed by atoms with Gasteiger partial charge in [0.2, 0.25) is 0 Å². The zero-order valence-corrected chi connectivity index (χ0v) is 17.7. The first-order valence-corrected chi connectivity index (χ1v) is 10.5. The third kappa shape index (κ3) is 4.25. The van der Waals surface area contributed by atoms with Gasteiger partial charge in [-0.1, -0.05) is 47.6 Å². The number of nitrogens with one attached hydrogen (secondary N) is 1. The molecule has 2 heterocycles. The first kappa shape index (κ1) is 20.2. The predicted octanol–water partition coefficient (Wildman–Crippen LogP) is 4.77. The Hall–Kier alpha value is -3.09. The lowest BCUT2D eigenvalue weighted by atomic mass is 10.1. The maximum atomic E-state index is 12.9. The number of halogens is 1. The smallest absolute Gasteiger partial charge is 0.264 e. The highest BCUT2D eigenvalue weighted by Crippen LogP contribution is 2.42. The molecular formula is C23H18ClN3O2S. The molecule has 2 aromatic carbocycles. The minimum atomic E-state index is -0.204. The quantitative estimate of drug-likeness (QED) is 0.599. The summed E-state index contributed by atoms with van der Waals surface area (Å²) in [6.45, 7) is 0.387. The molecule has 0 atom stereocenters. The molecule has 0 unspecified atom stereocenters. The van der Waals surface area contributed by atoms with Gasteiger partial charge in [0.15, 0.2) is 0 Å². The van der Waals surface area contributed by atoms with Gasteiger partial charge in [-0.2, -0.15) is 0 Å². The summed E-state index contributed by atoms with van der Waals surface area (Å²) in [5.74, 6) is -0.342. The summed E-state index contributed by atoms with van der Waals surface area (Å²) in [5, 5.41) is 3.47. The molecule has 1 aliphatic heterocycles. The number of fused-ring (bicyclic) bond motifs is 1. The molecule has 1 aliphatic rings. The van der Waals surface area contributed by atoms with Gasteiger partial charge in [-0.3, -0.25) is 14.6 Å². The van der Waals surface area contributed by atoms with Crippen molar-refractivity contribution in [3.63, 3.8) is 0 Å². The molecule has 2 amide bonds. The fourth-order valence-electron chi connectivity index (χ4n) is 3.06. The standard InChI is InChI=1S/C23H18ClN3O2S/c1-27-19-11-17(22(28)26-14-15-5-4-10-25-13-15)8-9-20(19)30-21(23(27)29)12-16-6-2-3-7-18(16)24/h2-13H,14H2,1H3,(H,26,28). The molecule has 0 fully saturated rings. The van der Waals surface area contributed by atoms with Gasteiger partial charge < -0.3 is 10.2 Å². The number of thioether (sulfide) groups is 1. The van der Waals surface area contributed by atoms with Crippen molar-refractivity contribution in [2.45, 2.75) is 11.4 Å². The van der Waals surface area contributed by atoms with Crippen molar-refractivity contribution < 1.29 is 9.59 Å². The van der Waals surface area contributed by atoms with E-state index in [0.29, 0.717) is 27.7 Å². The number of rotatable bonds is 4. The number of benzene rings is 2. The van der Waals surface area contributed by atoms with Gasteiger partial charge in [0.05, 0.1) is 10.6 Å². The summed E-state index contributed by atoms with van der Waals surface area (Å²) in [6, 6.07) is 16.5. The Bertz CT molecular complexity index is 1150. The molecule has 7 heteroatoms. The zero-order valence-electron chi connectivity index (χ0n) is 16.1. The highest BCUT2D eigenvalue weighted by atomic mass is 35.5. The Balaban J connectivity index is 1.55. The first-order chi connectivity index (χ1) is 14.5. The number of hydrogen-bond donors (Lipinski definition) is 1. The van der Waals surface area contributed by atoms with E-state index >= 15 is 0 Å². The SMILES string of the molecule is CN1C(=O)C(=Cc2ccccc2Cl)Sc2ccc(C(=O)NCc3cccnc3)cc21. The van der Waals surface area contributed by atoms with E-state index in [1.807, 2.05) is 36.4 Å². The Morgan fingerprint density at radius 1 is 1.20 bits per heavy atom. The number of anilines is 1. The number of amides is 2. The second-order valence-electron chi connectivity index (χ2n) is 6.72. The van der Waals surface area contributed by atoms with Crippen LogP contribution < -0.4 is 10.2 Å². The lowest BCUT2D eigenvalue weighted by Crippen LogP contribution is -2.31. The second kappa shape index (κ2) is 8.73. The third-order valence-electron chi connectivity index (χ3n) is 4.69. The number of likely N-dealkylation sites (N-methyl/N-ethyl adjacent to an activating group) is 1. The van der Waals surface area contributed by atoms with E-state index in [1.54, 1.807) is 48.6 Å². The Labute approximate surface area is 183 Å².